The highest BCUT2D eigenvalue weighted by atomic mass is 16.6. The third-order valence-electron chi connectivity index (χ3n) is 9.05. The normalized spacial score (nSPS) is 18.0. The van der Waals surface area contributed by atoms with Gasteiger partial charge in [0.25, 0.3) is 0 Å². The summed E-state index contributed by atoms with van der Waals surface area (Å²) in [5, 5.41) is 0.905. The third kappa shape index (κ3) is 7.28. The topological polar surface area (TPSA) is 109 Å². The molecule has 13 nitrogen and oxygen atoms in total. The molecule has 0 spiro atoms. The predicted octanol–water partition coefficient (Wildman–Crippen LogP) is 3.71. The number of carbonyl (C=O) groups is 3. The highest BCUT2D eigenvalue weighted by Crippen LogP contribution is 2.42. The summed E-state index contributed by atoms with van der Waals surface area (Å²) in [6.07, 6.45) is 3.55. The van der Waals surface area contributed by atoms with Crippen molar-refractivity contribution in [3.63, 3.8) is 0 Å². The minimum absolute atomic E-state index is 0.0150. The van der Waals surface area contributed by atoms with Gasteiger partial charge in [0.15, 0.2) is 11.5 Å². The Balaban J connectivity index is 1.32. The predicted molar refractivity (Wildman–Crippen MR) is 181 cm³/mol. The maximum atomic E-state index is 14.0. The van der Waals surface area contributed by atoms with Crippen molar-refractivity contribution in [2.45, 2.75) is 13.0 Å². The zero-order valence-corrected chi connectivity index (χ0v) is 28.4. The first-order valence-electron chi connectivity index (χ1n) is 16.3. The van der Waals surface area contributed by atoms with Crippen LogP contribution >= 0.6 is 0 Å². The van der Waals surface area contributed by atoms with Crippen LogP contribution in [0.1, 0.15) is 22.3 Å². The van der Waals surface area contributed by atoms with E-state index in [9.17, 15) is 14.4 Å². The zero-order chi connectivity index (χ0) is 33.9. The number of allylic oxidation sites excluding steroid dienone is 1. The van der Waals surface area contributed by atoms with Crippen LogP contribution in [0.2, 0.25) is 0 Å². The number of aryl methyl sites for hydroxylation is 1. The number of fused-ring (bicyclic) bond motifs is 2. The lowest BCUT2D eigenvalue weighted by molar-refractivity contribution is 0.101. The summed E-state index contributed by atoms with van der Waals surface area (Å²) < 4.78 is 25.4. The highest BCUT2D eigenvalue weighted by molar-refractivity contribution is 6.17. The van der Waals surface area contributed by atoms with E-state index in [1.807, 2.05) is 52.6 Å². The Bertz CT molecular complexity index is 1720. The fourth-order valence-electron chi connectivity index (χ4n) is 6.12. The van der Waals surface area contributed by atoms with Crippen molar-refractivity contribution in [2.24, 2.45) is 0 Å². The molecule has 256 valence electrons. The molecule has 0 N–H and O–H groups in total. The number of methoxy groups -OCH3 is 1. The van der Waals surface area contributed by atoms with Crippen molar-refractivity contribution in [1.82, 2.24) is 29.1 Å². The van der Waals surface area contributed by atoms with Crippen LogP contribution in [-0.4, -0.2) is 141 Å². The van der Waals surface area contributed by atoms with E-state index in [-0.39, 0.29) is 28.6 Å². The third-order valence-corrected chi connectivity index (χ3v) is 9.05. The van der Waals surface area contributed by atoms with Crippen molar-refractivity contribution in [3.05, 3.63) is 53.4 Å². The molecule has 0 bridgehead atoms. The standard InChI is InChI=1S/C35H44N6O7/c1-36(2)9-6-10-41-23-24(27-20-25(45-5)7-8-28(27)41)19-31-33(42)32-29(47-31)21-26(46-34(43)39-15-11-37(3)12-16-39)22-30(32)48-35(44)40-17-13-38(4)14-18-40/h7-8,19-23H,6,9-18H2,1-5H3/b31-19-. The highest BCUT2D eigenvalue weighted by Gasteiger charge is 2.35. The summed E-state index contributed by atoms with van der Waals surface area (Å²) in [6, 6.07) is 8.79. The smallest absolute Gasteiger partial charge is 0.415 e. The number of nitrogens with zero attached hydrogens (tertiary/aromatic N) is 6. The van der Waals surface area contributed by atoms with Crippen LogP contribution in [0.15, 0.2) is 42.3 Å². The van der Waals surface area contributed by atoms with E-state index < -0.39 is 18.0 Å². The second-order valence-electron chi connectivity index (χ2n) is 12.9. The van der Waals surface area contributed by atoms with E-state index in [1.165, 1.54) is 12.1 Å². The second kappa shape index (κ2) is 14.3. The summed E-state index contributed by atoms with van der Waals surface area (Å²) in [5.74, 6) is 0.594. The molecule has 1 aromatic heterocycles. The zero-order valence-electron chi connectivity index (χ0n) is 28.4. The van der Waals surface area contributed by atoms with Crippen LogP contribution in [0.4, 0.5) is 9.59 Å². The quantitative estimate of drug-likeness (QED) is 0.332. The molecule has 0 saturated carbocycles. The summed E-state index contributed by atoms with van der Waals surface area (Å²) >= 11 is 0. The Morgan fingerprint density at radius 2 is 1.52 bits per heavy atom. The average Bonchev–Trinajstić information content (AvgIpc) is 3.57. The first-order chi connectivity index (χ1) is 23.1. The average molecular weight is 661 g/mol. The molecule has 13 heteroatoms. The number of hydrogen-bond donors (Lipinski definition) is 0. The molecule has 2 amide bonds. The number of amides is 2. The summed E-state index contributed by atoms with van der Waals surface area (Å²) in [7, 11) is 9.71. The number of ketones is 1. The van der Waals surface area contributed by atoms with Crippen LogP contribution in [0, 0.1) is 0 Å². The van der Waals surface area contributed by atoms with E-state index >= 15 is 0 Å². The molecule has 3 aromatic rings. The van der Waals surface area contributed by atoms with Gasteiger partial charge in [0.2, 0.25) is 5.78 Å². The second-order valence-corrected chi connectivity index (χ2v) is 12.9. The SMILES string of the molecule is COc1ccc2c(c1)c(/C=C1\Oc3cc(OC(=O)N4CCN(C)CC4)cc(OC(=O)N4CCN(C)CC4)c3C1=O)cn2CCCN(C)C. The van der Waals surface area contributed by atoms with Gasteiger partial charge in [0.05, 0.1) is 7.11 Å². The van der Waals surface area contributed by atoms with Gasteiger partial charge in [-0.25, -0.2) is 9.59 Å². The van der Waals surface area contributed by atoms with E-state index in [4.69, 9.17) is 18.9 Å². The van der Waals surface area contributed by atoms with Crippen molar-refractivity contribution in [2.75, 3.05) is 94.2 Å². The molecule has 4 heterocycles. The number of piperazine rings is 2. The van der Waals surface area contributed by atoms with Crippen molar-refractivity contribution < 1.29 is 33.3 Å². The molecule has 48 heavy (non-hydrogen) atoms. The Hall–Kier alpha value is -4.59. The van der Waals surface area contributed by atoms with E-state index in [0.29, 0.717) is 45.0 Å². The van der Waals surface area contributed by atoms with Gasteiger partial charge in [-0.05, 0) is 65.4 Å². The Labute approximate surface area is 280 Å². The Morgan fingerprint density at radius 1 is 0.875 bits per heavy atom. The van der Waals surface area contributed by atoms with Gasteiger partial charge in [0.1, 0.15) is 22.8 Å². The number of Topliss-reactive ketones (excluding diaryl/α,β-unsaturated/α-hetero) is 1. The maximum absolute atomic E-state index is 14.0. The fourth-order valence-corrected chi connectivity index (χ4v) is 6.12. The van der Waals surface area contributed by atoms with E-state index in [1.54, 1.807) is 23.0 Å². The lowest BCUT2D eigenvalue weighted by atomic mass is 10.1. The summed E-state index contributed by atoms with van der Waals surface area (Å²) in [6.45, 7) is 6.64. The Morgan fingerprint density at radius 3 is 2.15 bits per heavy atom. The van der Waals surface area contributed by atoms with Crippen LogP contribution in [-0.2, 0) is 6.54 Å². The van der Waals surface area contributed by atoms with Gasteiger partial charge < -0.3 is 48.0 Å². The van der Waals surface area contributed by atoms with E-state index in [2.05, 4.69) is 19.3 Å². The Kier molecular flexibility index (Phi) is 9.90. The van der Waals surface area contributed by atoms with Crippen LogP contribution in [0.25, 0.3) is 17.0 Å². The van der Waals surface area contributed by atoms with Gasteiger partial charge in [-0.15, -0.1) is 0 Å². The lowest BCUT2D eigenvalue weighted by Crippen LogP contribution is -2.48. The molecule has 2 fully saturated rings. The molecular weight excluding hydrogens is 616 g/mol. The fraction of sp³-hybridized carbons (Fsp3) is 0.457. The van der Waals surface area contributed by atoms with Crippen LogP contribution in [0.5, 0.6) is 23.0 Å². The lowest BCUT2D eigenvalue weighted by Gasteiger charge is -2.32. The first-order valence-corrected chi connectivity index (χ1v) is 16.3. The van der Waals surface area contributed by atoms with Crippen LogP contribution < -0.4 is 18.9 Å². The molecule has 0 aliphatic carbocycles. The number of hydrogen-bond acceptors (Lipinski definition) is 10. The summed E-state index contributed by atoms with van der Waals surface area (Å²) in [5.41, 5.74) is 1.89. The first kappa shape index (κ1) is 33.3. The number of carbonyl (C=O) groups excluding carboxylic acids is 3. The van der Waals surface area contributed by atoms with E-state index in [0.717, 1.165) is 49.1 Å². The van der Waals surface area contributed by atoms with Crippen molar-refractivity contribution in [1.29, 1.82) is 0 Å². The van der Waals surface area contributed by atoms with Gasteiger partial charge in [-0.2, -0.15) is 0 Å². The number of rotatable bonds is 8. The van der Waals surface area contributed by atoms with Gasteiger partial charge in [0, 0.05) is 93.7 Å². The monoisotopic (exact) mass is 660 g/mol. The molecule has 3 aliphatic heterocycles. The molecule has 0 atom stereocenters. The number of benzene rings is 2. The number of likely N-dealkylation sites (N-methyl/N-ethyl adjacent to an activating group) is 2. The largest absolute Gasteiger partial charge is 0.497 e. The van der Waals surface area contributed by atoms with Crippen molar-refractivity contribution >= 4 is 34.9 Å². The summed E-state index contributed by atoms with van der Waals surface area (Å²) in [4.78, 5) is 50.0. The molecule has 6 rings (SSSR count). The van der Waals surface area contributed by atoms with Crippen molar-refractivity contribution in [3.8, 4) is 23.0 Å². The molecule has 2 saturated heterocycles. The van der Waals surface area contributed by atoms with Gasteiger partial charge in [-0.1, -0.05) is 0 Å². The van der Waals surface area contributed by atoms with Gasteiger partial charge >= 0.3 is 12.2 Å². The molecular formula is C35H44N6O7. The minimum atomic E-state index is -0.578. The molecule has 3 aliphatic rings. The number of ether oxygens (including phenoxy) is 4. The number of aromatic nitrogens is 1. The van der Waals surface area contributed by atoms with Gasteiger partial charge in [-0.3, -0.25) is 4.79 Å². The maximum Gasteiger partial charge on any atom is 0.415 e. The molecule has 0 unspecified atom stereocenters. The molecule has 2 aromatic carbocycles. The molecule has 0 radical (unpaired) electrons. The van der Waals surface area contributed by atoms with Crippen LogP contribution in [0.3, 0.4) is 0 Å². The minimum Gasteiger partial charge on any atom is -0.497 e.